The first-order chi connectivity index (χ1) is 14.9. The van der Waals surface area contributed by atoms with Crippen molar-refractivity contribution in [1.82, 2.24) is 14.9 Å². The highest BCUT2D eigenvalue weighted by atomic mass is 32.1. The molecule has 2 amide bonds. The van der Waals surface area contributed by atoms with Crippen LogP contribution in [0.5, 0.6) is 0 Å². The Balaban J connectivity index is 1.39. The largest absolute Gasteiger partial charge is 0.394 e. The summed E-state index contributed by atoms with van der Waals surface area (Å²) >= 11 is 1.42. The second-order valence-electron chi connectivity index (χ2n) is 7.59. The van der Waals surface area contributed by atoms with Crippen molar-refractivity contribution in [2.24, 2.45) is 0 Å². The third kappa shape index (κ3) is 4.76. The number of pyridine rings is 1. The average molecular weight is 446 g/mol. The molecule has 1 saturated heterocycles. The number of nitrogens with one attached hydrogen (secondary N) is 1. The number of aliphatic hydroxyl groups excluding tert-OH is 2. The van der Waals surface area contributed by atoms with E-state index in [0.717, 1.165) is 10.2 Å². The first kappa shape index (κ1) is 21.4. The van der Waals surface area contributed by atoms with Crippen molar-refractivity contribution in [2.75, 3.05) is 36.5 Å². The van der Waals surface area contributed by atoms with Gasteiger partial charge in [0, 0.05) is 38.3 Å². The molecule has 0 bridgehead atoms. The van der Waals surface area contributed by atoms with Gasteiger partial charge in [-0.2, -0.15) is 0 Å². The van der Waals surface area contributed by atoms with Gasteiger partial charge < -0.3 is 20.0 Å². The molecular weight excluding hydrogens is 421 g/mol. The third-order valence-corrected chi connectivity index (χ3v) is 6.21. The fourth-order valence-corrected chi connectivity index (χ4v) is 4.55. The van der Waals surface area contributed by atoms with E-state index in [0.29, 0.717) is 30.3 Å². The Morgan fingerprint density at radius 1 is 1.39 bits per heavy atom. The standard InChI is InChI=1S/C21H24FN5O3S/c1-13-11-26(19-16(22)9-14(10-23-19)8-15(29)12-28)6-7-27(13)21(30)25-20-24-17-4-2-3-5-18(17)31-20/h2-5,9-10,13,15,28-29H,6-8,11-12H2,1H3,(H,24,25,30). The fraction of sp³-hybridized carbons (Fsp3) is 0.381. The minimum absolute atomic E-state index is 0.136. The van der Waals surface area contributed by atoms with E-state index in [4.69, 9.17) is 5.11 Å². The highest BCUT2D eigenvalue weighted by Crippen LogP contribution is 2.26. The number of fused-ring (bicyclic) bond motifs is 1. The molecule has 1 aromatic carbocycles. The zero-order valence-corrected chi connectivity index (χ0v) is 17.8. The number of aliphatic hydroxyl groups is 2. The number of amides is 2. The van der Waals surface area contributed by atoms with Crippen LogP contribution in [-0.4, -0.2) is 69.5 Å². The normalized spacial score (nSPS) is 17.7. The maximum Gasteiger partial charge on any atom is 0.324 e. The second-order valence-corrected chi connectivity index (χ2v) is 8.63. The Morgan fingerprint density at radius 3 is 2.90 bits per heavy atom. The molecule has 164 valence electrons. The summed E-state index contributed by atoms with van der Waals surface area (Å²) in [5.74, 6) is -0.262. The van der Waals surface area contributed by atoms with Gasteiger partial charge in [-0.25, -0.2) is 19.2 Å². The monoisotopic (exact) mass is 445 g/mol. The van der Waals surface area contributed by atoms with Gasteiger partial charge in [0.2, 0.25) is 0 Å². The Hall–Kier alpha value is -2.82. The molecule has 2 atom stereocenters. The minimum atomic E-state index is -0.940. The predicted molar refractivity (Wildman–Crippen MR) is 118 cm³/mol. The van der Waals surface area contributed by atoms with Gasteiger partial charge in [-0.1, -0.05) is 23.5 Å². The molecule has 0 spiro atoms. The predicted octanol–water partition coefficient (Wildman–Crippen LogP) is 2.47. The summed E-state index contributed by atoms with van der Waals surface area (Å²) in [5.41, 5.74) is 1.36. The Kier molecular flexibility index (Phi) is 6.30. The molecule has 1 aliphatic rings. The second kappa shape index (κ2) is 9.13. The molecule has 3 aromatic rings. The number of carbonyl (C=O) groups excluding carboxylic acids is 1. The molecule has 2 aromatic heterocycles. The van der Waals surface area contributed by atoms with Crippen molar-refractivity contribution in [2.45, 2.75) is 25.5 Å². The van der Waals surface area contributed by atoms with Crippen LogP contribution in [0, 0.1) is 5.82 Å². The van der Waals surface area contributed by atoms with Gasteiger partial charge in [0.25, 0.3) is 0 Å². The Morgan fingerprint density at radius 2 is 2.19 bits per heavy atom. The van der Waals surface area contributed by atoms with Crippen molar-refractivity contribution in [3.05, 3.63) is 47.9 Å². The van der Waals surface area contributed by atoms with E-state index in [1.165, 1.54) is 23.6 Å². The molecule has 10 heteroatoms. The van der Waals surface area contributed by atoms with Crippen LogP contribution in [0.25, 0.3) is 10.2 Å². The van der Waals surface area contributed by atoms with E-state index in [2.05, 4.69) is 15.3 Å². The molecule has 0 aliphatic carbocycles. The number of nitrogens with zero attached hydrogens (tertiary/aromatic N) is 4. The van der Waals surface area contributed by atoms with Crippen LogP contribution in [0.2, 0.25) is 0 Å². The summed E-state index contributed by atoms with van der Waals surface area (Å²) in [6.07, 6.45) is 0.704. The minimum Gasteiger partial charge on any atom is -0.394 e. The van der Waals surface area contributed by atoms with Gasteiger partial charge in [0.15, 0.2) is 16.8 Å². The molecule has 4 rings (SSSR count). The molecule has 3 N–H and O–H groups in total. The van der Waals surface area contributed by atoms with Crippen LogP contribution in [0.1, 0.15) is 12.5 Å². The molecule has 8 nitrogen and oxygen atoms in total. The summed E-state index contributed by atoms with van der Waals surface area (Å²) in [7, 11) is 0. The van der Waals surface area contributed by atoms with E-state index in [-0.39, 0.29) is 30.9 Å². The fourth-order valence-electron chi connectivity index (χ4n) is 3.69. The Bertz CT molecular complexity index is 1050. The number of halogens is 1. The number of carbonyl (C=O) groups is 1. The lowest BCUT2D eigenvalue weighted by molar-refractivity contribution is 0.0954. The van der Waals surface area contributed by atoms with E-state index < -0.39 is 11.9 Å². The first-order valence-corrected chi connectivity index (χ1v) is 10.9. The number of hydrogen-bond acceptors (Lipinski definition) is 7. The maximum atomic E-state index is 14.6. The summed E-state index contributed by atoms with van der Waals surface area (Å²) < 4.78 is 15.6. The number of aromatic nitrogens is 2. The van der Waals surface area contributed by atoms with Crippen LogP contribution < -0.4 is 10.2 Å². The number of rotatable bonds is 5. The number of thiazole rings is 1. The van der Waals surface area contributed by atoms with E-state index in [1.54, 1.807) is 4.90 Å². The molecule has 0 saturated carbocycles. The van der Waals surface area contributed by atoms with Crippen LogP contribution in [0.15, 0.2) is 36.5 Å². The molecule has 2 unspecified atom stereocenters. The molecule has 0 radical (unpaired) electrons. The number of hydrogen-bond donors (Lipinski definition) is 3. The van der Waals surface area contributed by atoms with Crippen LogP contribution in [-0.2, 0) is 6.42 Å². The van der Waals surface area contributed by atoms with Gasteiger partial charge in [0.05, 0.1) is 22.9 Å². The van der Waals surface area contributed by atoms with Gasteiger partial charge in [-0.15, -0.1) is 0 Å². The topological polar surface area (TPSA) is 102 Å². The zero-order chi connectivity index (χ0) is 22.0. The van der Waals surface area contributed by atoms with Crippen LogP contribution >= 0.6 is 11.3 Å². The van der Waals surface area contributed by atoms with E-state index in [1.807, 2.05) is 36.1 Å². The van der Waals surface area contributed by atoms with Crippen molar-refractivity contribution >= 4 is 38.5 Å². The van der Waals surface area contributed by atoms with Gasteiger partial charge in [0.1, 0.15) is 0 Å². The van der Waals surface area contributed by atoms with Crippen molar-refractivity contribution < 1.29 is 19.4 Å². The highest BCUT2D eigenvalue weighted by Gasteiger charge is 2.30. The number of urea groups is 1. The first-order valence-electron chi connectivity index (χ1n) is 10.1. The number of anilines is 2. The summed E-state index contributed by atoms with van der Waals surface area (Å²) in [4.78, 5) is 25.0. The van der Waals surface area contributed by atoms with E-state index in [9.17, 15) is 14.3 Å². The number of benzene rings is 1. The van der Waals surface area contributed by atoms with Gasteiger partial charge in [-0.05, 0) is 30.7 Å². The summed E-state index contributed by atoms with van der Waals surface area (Å²) in [6, 6.07) is 8.65. The highest BCUT2D eigenvalue weighted by molar-refractivity contribution is 7.22. The van der Waals surface area contributed by atoms with Crippen LogP contribution in [0.4, 0.5) is 20.1 Å². The number of para-hydroxylation sites is 1. The molecular formula is C21H24FN5O3S. The van der Waals surface area contributed by atoms with Crippen molar-refractivity contribution in [3.63, 3.8) is 0 Å². The third-order valence-electron chi connectivity index (χ3n) is 5.26. The lowest BCUT2D eigenvalue weighted by atomic mass is 10.1. The smallest absolute Gasteiger partial charge is 0.324 e. The molecule has 1 fully saturated rings. The molecule has 3 heterocycles. The van der Waals surface area contributed by atoms with Crippen LogP contribution in [0.3, 0.4) is 0 Å². The SMILES string of the molecule is CC1CN(c2ncc(CC(O)CO)cc2F)CCN1C(=O)Nc1nc2ccccc2s1. The lowest BCUT2D eigenvalue weighted by Crippen LogP contribution is -2.55. The van der Waals surface area contributed by atoms with Crippen molar-refractivity contribution in [1.29, 1.82) is 0 Å². The quantitative estimate of drug-likeness (QED) is 0.558. The van der Waals surface area contributed by atoms with E-state index >= 15 is 0 Å². The zero-order valence-electron chi connectivity index (χ0n) is 17.0. The maximum absolute atomic E-state index is 14.6. The molecule has 1 aliphatic heterocycles. The Labute approximate surface area is 183 Å². The van der Waals surface area contributed by atoms with Gasteiger partial charge in [-0.3, -0.25) is 5.32 Å². The van der Waals surface area contributed by atoms with Crippen molar-refractivity contribution in [3.8, 4) is 0 Å². The average Bonchev–Trinajstić information content (AvgIpc) is 3.15. The lowest BCUT2D eigenvalue weighted by Gasteiger charge is -2.40. The van der Waals surface area contributed by atoms with Gasteiger partial charge >= 0.3 is 6.03 Å². The summed E-state index contributed by atoms with van der Waals surface area (Å²) in [5, 5.41) is 21.9. The summed E-state index contributed by atoms with van der Waals surface area (Å²) in [6.45, 7) is 2.83. The number of piperazine rings is 1. The molecule has 31 heavy (non-hydrogen) atoms.